The molecule has 7 heteroatoms. The number of nitrogens with one attached hydrogen (secondary N) is 3. The van der Waals surface area contributed by atoms with E-state index in [1.54, 1.807) is 18.3 Å². The Balaban J connectivity index is 1.98. The number of carbonyl (C=O) groups excluding carboxylic acids is 1. The van der Waals surface area contributed by atoms with E-state index < -0.39 is 0 Å². The number of hydrazine groups is 1. The van der Waals surface area contributed by atoms with Gasteiger partial charge in [-0.1, -0.05) is 0 Å². The van der Waals surface area contributed by atoms with E-state index in [4.69, 9.17) is 5.26 Å². The predicted octanol–water partition coefficient (Wildman–Crippen LogP) is 1.58. The molecule has 0 aromatic carbocycles. The normalized spacial score (nSPS) is 10.8. The van der Waals surface area contributed by atoms with E-state index in [1.165, 1.54) is 17.5 Å². The molecule has 2 aromatic heterocycles. The van der Waals surface area contributed by atoms with Crippen molar-refractivity contribution in [3.63, 3.8) is 0 Å². The van der Waals surface area contributed by atoms with Crippen LogP contribution in [0.25, 0.3) is 5.57 Å². The van der Waals surface area contributed by atoms with Crippen LogP contribution >= 0.6 is 11.3 Å². The molecule has 0 spiro atoms. The van der Waals surface area contributed by atoms with Crippen molar-refractivity contribution in [1.82, 2.24) is 20.8 Å². The van der Waals surface area contributed by atoms with Gasteiger partial charge in [-0.25, -0.2) is 4.98 Å². The smallest absolute Gasteiger partial charge is 0.285 e. The van der Waals surface area contributed by atoms with Crippen LogP contribution in [-0.2, 0) is 0 Å². The zero-order chi connectivity index (χ0) is 13.7. The quantitative estimate of drug-likeness (QED) is 0.582. The van der Waals surface area contributed by atoms with Crippen molar-refractivity contribution in [1.29, 1.82) is 5.26 Å². The monoisotopic (exact) mass is 273 g/mol. The number of carbonyl (C=O) groups is 1. The van der Waals surface area contributed by atoms with Gasteiger partial charge in [0.2, 0.25) is 0 Å². The Morgan fingerprint density at radius 3 is 3.05 bits per heavy atom. The van der Waals surface area contributed by atoms with Gasteiger partial charge >= 0.3 is 0 Å². The van der Waals surface area contributed by atoms with E-state index in [-0.39, 0.29) is 5.91 Å². The molecule has 0 aliphatic heterocycles. The molecule has 19 heavy (non-hydrogen) atoms. The maximum Gasteiger partial charge on any atom is 0.285 e. The van der Waals surface area contributed by atoms with Crippen LogP contribution in [0.5, 0.6) is 0 Å². The molecule has 2 rings (SSSR count). The first-order chi connectivity index (χ1) is 9.20. The molecule has 0 aliphatic carbocycles. The van der Waals surface area contributed by atoms with Gasteiger partial charge in [0.1, 0.15) is 22.3 Å². The van der Waals surface area contributed by atoms with Crippen molar-refractivity contribution in [3.8, 4) is 6.07 Å². The summed E-state index contributed by atoms with van der Waals surface area (Å²) in [5.74, 6) is -0.311. The average molecular weight is 273 g/mol. The van der Waals surface area contributed by atoms with Crippen molar-refractivity contribution in [2.24, 2.45) is 0 Å². The minimum absolute atomic E-state index is 0.311. The van der Waals surface area contributed by atoms with Crippen LogP contribution in [0.1, 0.15) is 21.2 Å². The maximum atomic E-state index is 11.6. The fourth-order valence-corrected chi connectivity index (χ4v) is 2.10. The summed E-state index contributed by atoms with van der Waals surface area (Å²) in [4.78, 5) is 18.6. The lowest BCUT2D eigenvalue weighted by Gasteiger charge is -2.02. The number of nitrogens with zero attached hydrogens (tertiary/aromatic N) is 2. The Hall–Kier alpha value is -2.59. The van der Waals surface area contributed by atoms with E-state index in [2.05, 4.69) is 20.8 Å². The summed E-state index contributed by atoms with van der Waals surface area (Å²) in [5.41, 5.74) is 6.71. The van der Waals surface area contributed by atoms with E-state index in [0.717, 1.165) is 5.69 Å². The van der Waals surface area contributed by atoms with Gasteiger partial charge in [0.15, 0.2) is 0 Å². The second kappa shape index (κ2) is 5.84. The number of thiazole rings is 1. The molecule has 0 unspecified atom stereocenters. The number of aryl methyl sites for hydroxylation is 1. The number of aromatic nitrogens is 2. The number of nitriles is 1. The minimum atomic E-state index is -0.311. The first kappa shape index (κ1) is 12.9. The summed E-state index contributed by atoms with van der Waals surface area (Å²) in [5, 5.41) is 11.5. The second-order valence-electron chi connectivity index (χ2n) is 3.65. The van der Waals surface area contributed by atoms with Crippen molar-refractivity contribution in [2.45, 2.75) is 6.92 Å². The molecule has 0 atom stereocenters. The van der Waals surface area contributed by atoms with E-state index in [1.807, 2.05) is 18.4 Å². The molecule has 96 valence electrons. The summed E-state index contributed by atoms with van der Waals surface area (Å²) < 4.78 is 0. The SMILES string of the molecule is Cc1csc(/C(C#N)=C/NNC(=O)c2ccc[nH]2)n1. The van der Waals surface area contributed by atoms with Gasteiger partial charge in [-0.05, 0) is 19.1 Å². The Morgan fingerprint density at radius 1 is 1.63 bits per heavy atom. The largest absolute Gasteiger partial charge is 0.357 e. The molecule has 6 nitrogen and oxygen atoms in total. The topological polar surface area (TPSA) is 93.6 Å². The van der Waals surface area contributed by atoms with Crippen LogP contribution in [0.3, 0.4) is 0 Å². The molecule has 0 radical (unpaired) electrons. The van der Waals surface area contributed by atoms with Crippen LogP contribution in [-0.4, -0.2) is 15.9 Å². The zero-order valence-corrected chi connectivity index (χ0v) is 10.9. The number of amides is 1. The Bertz CT molecular complexity index is 635. The van der Waals surface area contributed by atoms with Gasteiger partial charge in [-0.2, -0.15) is 5.26 Å². The number of hydrogen-bond donors (Lipinski definition) is 3. The van der Waals surface area contributed by atoms with Crippen LogP contribution in [0.2, 0.25) is 0 Å². The summed E-state index contributed by atoms with van der Waals surface area (Å²) in [6, 6.07) is 5.40. The predicted molar refractivity (Wildman–Crippen MR) is 71.8 cm³/mol. The highest BCUT2D eigenvalue weighted by Crippen LogP contribution is 2.17. The Labute approximate surface area is 113 Å². The van der Waals surface area contributed by atoms with Gasteiger partial charge in [0.25, 0.3) is 5.91 Å². The van der Waals surface area contributed by atoms with Crippen molar-refractivity contribution < 1.29 is 4.79 Å². The van der Waals surface area contributed by atoms with Crippen molar-refractivity contribution >= 4 is 22.8 Å². The standard InChI is InChI=1S/C12H11N5OS/c1-8-7-19-12(16-8)9(5-13)6-15-17-11(18)10-3-2-4-14-10/h2-4,6-7,14-15H,1H3,(H,17,18)/b9-6+. The lowest BCUT2D eigenvalue weighted by Crippen LogP contribution is -2.33. The Kier molecular flexibility index (Phi) is 3.95. The second-order valence-corrected chi connectivity index (χ2v) is 4.50. The molecule has 2 heterocycles. The summed E-state index contributed by atoms with van der Waals surface area (Å²) >= 11 is 1.38. The van der Waals surface area contributed by atoms with Crippen LogP contribution in [0.4, 0.5) is 0 Å². The van der Waals surface area contributed by atoms with Crippen molar-refractivity contribution in [3.05, 3.63) is 46.3 Å². The van der Waals surface area contributed by atoms with Crippen LogP contribution in [0.15, 0.2) is 29.9 Å². The molecule has 0 saturated heterocycles. The molecule has 0 saturated carbocycles. The van der Waals surface area contributed by atoms with Gasteiger partial charge in [-0.3, -0.25) is 10.2 Å². The zero-order valence-electron chi connectivity index (χ0n) is 10.1. The molecular weight excluding hydrogens is 262 g/mol. The highest BCUT2D eigenvalue weighted by Gasteiger charge is 2.06. The third-order valence-corrected chi connectivity index (χ3v) is 3.21. The molecule has 3 N–H and O–H groups in total. The lowest BCUT2D eigenvalue weighted by molar-refractivity contribution is 0.0936. The highest BCUT2D eigenvalue weighted by molar-refractivity contribution is 7.10. The fraction of sp³-hybridized carbons (Fsp3) is 0.0833. The molecular formula is C12H11N5OS. The van der Waals surface area contributed by atoms with Gasteiger partial charge in [0.05, 0.1) is 0 Å². The van der Waals surface area contributed by atoms with E-state index in [9.17, 15) is 4.79 Å². The fourth-order valence-electron chi connectivity index (χ4n) is 1.33. The average Bonchev–Trinajstić information content (AvgIpc) is 3.05. The van der Waals surface area contributed by atoms with E-state index in [0.29, 0.717) is 16.3 Å². The minimum Gasteiger partial charge on any atom is -0.357 e. The third kappa shape index (κ3) is 3.20. The summed E-state index contributed by atoms with van der Waals surface area (Å²) in [6.07, 6.45) is 3.07. The highest BCUT2D eigenvalue weighted by atomic mass is 32.1. The molecule has 2 aromatic rings. The number of aromatic amines is 1. The first-order valence-corrected chi connectivity index (χ1v) is 6.30. The number of allylic oxidation sites excluding steroid dienone is 1. The maximum absolute atomic E-state index is 11.6. The molecule has 0 fully saturated rings. The van der Waals surface area contributed by atoms with Crippen molar-refractivity contribution in [2.75, 3.05) is 0 Å². The van der Waals surface area contributed by atoms with E-state index >= 15 is 0 Å². The van der Waals surface area contributed by atoms with Crippen LogP contribution in [0, 0.1) is 18.3 Å². The van der Waals surface area contributed by atoms with Gasteiger partial charge < -0.3 is 10.4 Å². The van der Waals surface area contributed by atoms with Crippen LogP contribution < -0.4 is 10.9 Å². The summed E-state index contributed by atoms with van der Waals surface area (Å²) in [6.45, 7) is 1.86. The Morgan fingerprint density at radius 2 is 2.47 bits per heavy atom. The van der Waals surface area contributed by atoms with Gasteiger partial charge in [-0.15, -0.1) is 11.3 Å². The number of H-pyrrole nitrogens is 1. The van der Waals surface area contributed by atoms with Gasteiger partial charge in [0, 0.05) is 23.5 Å². The molecule has 0 aliphatic rings. The third-order valence-electron chi connectivity index (χ3n) is 2.21. The summed E-state index contributed by atoms with van der Waals surface area (Å²) in [7, 11) is 0. The molecule has 0 bridgehead atoms. The number of hydrogen-bond acceptors (Lipinski definition) is 5. The number of rotatable bonds is 4. The molecule has 1 amide bonds. The first-order valence-electron chi connectivity index (χ1n) is 5.42. The lowest BCUT2D eigenvalue weighted by atomic mass is 10.3.